The van der Waals surface area contributed by atoms with Gasteiger partial charge in [-0.3, -0.25) is 9.59 Å². The number of carbonyl (C=O) groups is 2. The summed E-state index contributed by atoms with van der Waals surface area (Å²) in [7, 11) is 0. The molecule has 1 unspecified atom stereocenters. The van der Waals surface area contributed by atoms with Gasteiger partial charge in [-0.15, -0.1) is 0 Å². The van der Waals surface area contributed by atoms with Crippen molar-refractivity contribution in [3.8, 4) is 0 Å². The third-order valence-electron chi connectivity index (χ3n) is 4.38. The Morgan fingerprint density at radius 3 is 2.52 bits per heavy atom. The van der Waals surface area contributed by atoms with Crippen molar-refractivity contribution in [2.24, 2.45) is 0 Å². The molecule has 5 heteroatoms. The summed E-state index contributed by atoms with van der Waals surface area (Å²) in [4.78, 5) is 25.9. The summed E-state index contributed by atoms with van der Waals surface area (Å²) in [5.74, 6) is 0.00992. The molecule has 0 aromatic heterocycles. The average molecular weight is 317 g/mol. The molecule has 1 fully saturated rings. The van der Waals surface area contributed by atoms with Crippen LogP contribution in [0.15, 0.2) is 24.3 Å². The Morgan fingerprint density at radius 2 is 1.91 bits per heavy atom. The average Bonchev–Trinajstić information content (AvgIpc) is 2.55. The minimum atomic E-state index is -0.0149. The van der Waals surface area contributed by atoms with Gasteiger partial charge in [0.1, 0.15) is 0 Å². The molecular formula is C18H27N3O2. The molecule has 1 atom stereocenters. The lowest BCUT2D eigenvalue weighted by Gasteiger charge is -2.34. The van der Waals surface area contributed by atoms with E-state index in [1.807, 2.05) is 31.2 Å². The van der Waals surface area contributed by atoms with Crippen molar-refractivity contribution >= 4 is 17.5 Å². The van der Waals surface area contributed by atoms with Crippen LogP contribution in [0.3, 0.4) is 0 Å². The van der Waals surface area contributed by atoms with Crippen molar-refractivity contribution < 1.29 is 9.59 Å². The smallest absolute Gasteiger partial charge is 0.253 e. The quantitative estimate of drug-likeness (QED) is 0.876. The fourth-order valence-corrected chi connectivity index (χ4v) is 2.90. The zero-order valence-electron chi connectivity index (χ0n) is 14.3. The van der Waals surface area contributed by atoms with Crippen molar-refractivity contribution in [3.05, 3.63) is 29.8 Å². The van der Waals surface area contributed by atoms with Gasteiger partial charge in [-0.05, 0) is 38.3 Å². The SMILES string of the molecule is CCC(C)NC(=O)c1ccccc1N1CCC(NC(C)=O)CC1. The zero-order chi connectivity index (χ0) is 16.8. The Kier molecular flexibility index (Phi) is 6.02. The first kappa shape index (κ1) is 17.3. The van der Waals surface area contributed by atoms with Gasteiger partial charge in [0, 0.05) is 37.8 Å². The minimum absolute atomic E-state index is 0.0149. The molecule has 1 aliphatic rings. The highest BCUT2D eigenvalue weighted by atomic mass is 16.2. The molecule has 0 radical (unpaired) electrons. The molecule has 5 nitrogen and oxygen atoms in total. The molecular weight excluding hydrogens is 290 g/mol. The molecule has 126 valence electrons. The summed E-state index contributed by atoms with van der Waals surface area (Å²) in [6.07, 6.45) is 2.72. The van der Waals surface area contributed by atoms with E-state index in [0.29, 0.717) is 0 Å². The molecule has 0 bridgehead atoms. The predicted octanol–water partition coefficient (Wildman–Crippen LogP) is 2.32. The number of hydrogen-bond donors (Lipinski definition) is 2. The zero-order valence-corrected chi connectivity index (χ0v) is 14.3. The Balaban J connectivity index is 2.06. The van der Waals surface area contributed by atoms with Crippen molar-refractivity contribution in [2.75, 3.05) is 18.0 Å². The predicted molar refractivity (Wildman–Crippen MR) is 92.7 cm³/mol. The van der Waals surface area contributed by atoms with E-state index in [9.17, 15) is 9.59 Å². The van der Waals surface area contributed by atoms with Crippen LogP contribution in [0.5, 0.6) is 0 Å². The van der Waals surface area contributed by atoms with E-state index in [2.05, 4.69) is 22.5 Å². The first-order chi connectivity index (χ1) is 11.0. The normalized spacial score (nSPS) is 16.7. The molecule has 1 heterocycles. The number of anilines is 1. The molecule has 1 aliphatic heterocycles. The van der Waals surface area contributed by atoms with E-state index < -0.39 is 0 Å². The van der Waals surface area contributed by atoms with E-state index in [4.69, 9.17) is 0 Å². The van der Waals surface area contributed by atoms with Crippen LogP contribution in [0, 0.1) is 0 Å². The van der Waals surface area contributed by atoms with Gasteiger partial charge in [-0.25, -0.2) is 0 Å². The molecule has 2 amide bonds. The van der Waals surface area contributed by atoms with E-state index in [0.717, 1.165) is 43.6 Å². The lowest BCUT2D eigenvalue weighted by Crippen LogP contribution is -2.44. The van der Waals surface area contributed by atoms with Crippen LogP contribution >= 0.6 is 0 Å². The Hall–Kier alpha value is -2.04. The largest absolute Gasteiger partial charge is 0.371 e. The van der Waals surface area contributed by atoms with Gasteiger partial charge in [0.05, 0.1) is 5.56 Å². The van der Waals surface area contributed by atoms with Crippen LogP contribution in [0.4, 0.5) is 5.69 Å². The first-order valence-electron chi connectivity index (χ1n) is 8.43. The highest BCUT2D eigenvalue weighted by Gasteiger charge is 2.23. The summed E-state index contributed by atoms with van der Waals surface area (Å²) < 4.78 is 0. The molecule has 1 saturated heterocycles. The fourth-order valence-electron chi connectivity index (χ4n) is 2.90. The number of hydrogen-bond acceptors (Lipinski definition) is 3. The number of benzene rings is 1. The van der Waals surface area contributed by atoms with Gasteiger partial charge in [0.2, 0.25) is 5.91 Å². The molecule has 23 heavy (non-hydrogen) atoms. The van der Waals surface area contributed by atoms with Gasteiger partial charge < -0.3 is 15.5 Å². The van der Waals surface area contributed by atoms with Gasteiger partial charge >= 0.3 is 0 Å². The fraction of sp³-hybridized carbons (Fsp3) is 0.556. The van der Waals surface area contributed by atoms with E-state index >= 15 is 0 Å². The van der Waals surface area contributed by atoms with Crippen molar-refractivity contribution in [1.29, 1.82) is 0 Å². The maximum Gasteiger partial charge on any atom is 0.253 e. The van der Waals surface area contributed by atoms with Crippen molar-refractivity contribution in [3.63, 3.8) is 0 Å². The Bertz CT molecular complexity index is 551. The second-order valence-corrected chi connectivity index (χ2v) is 6.26. The maximum absolute atomic E-state index is 12.5. The number of para-hydroxylation sites is 1. The van der Waals surface area contributed by atoms with Gasteiger partial charge in [-0.2, -0.15) is 0 Å². The number of nitrogens with zero attached hydrogens (tertiary/aromatic N) is 1. The molecule has 0 spiro atoms. The standard InChI is InChI=1S/C18H27N3O2/c1-4-13(2)19-18(23)16-7-5-6-8-17(16)21-11-9-15(10-12-21)20-14(3)22/h5-8,13,15H,4,9-12H2,1-3H3,(H,19,23)(H,20,22). The number of piperidine rings is 1. The van der Waals surface area contributed by atoms with E-state index in [1.54, 1.807) is 6.92 Å². The van der Waals surface area contributed by atoms with Gasteiger partial charge in [0.15, 0.2) is 0 Å². The summed E-state index contributed by atoms with van der Waals surface area (Å²) in [5, 5.41) is 6.02. The second-order valence-electron chi connectivity index (χ2n) is 6.26. The summed E-state index contributed by atoms with van der Waals surface area (Å²) >= 11 is 0. The van der Waals surface area contributed by atoms with Crippen LogP contribution in [-0.2, 0) is 4.79 Å². The lowest BCUT2D eigenvalue weighted by molar-refractivity contribution is -0.119. The lowest BCUT2D eigenvalue weighted by atomic mass is 10.0. The van der Waals surface area contributed by atoms with E-state index in [1.165, 1.54) is 0 Å². The van der Waals surface area contributed by atoms with Crippen LogP contribution in [0.25, 0.3) is 0 Å². The maximum atomic E-state index is 12.5. The third kappa shape index (κ3) is 4.71. The highest BCUT2D eigenvalue weighted by Crippen LogP contribution is 2.24. The van der Waals surface area contributed by atoms with Crippen LogP contribution < -0.4 is 15.5 Å². The van der Waals surface area contributed by atoms with Gasteiger partial charge in [0.25, 0.3) is 5.91 Å². The Morgan fingerprint density at radius 1 is 1.26 bits per heavy atom. The van der Waals surface area contributed by atoms with Crippen LogP contribution in [0.2, 0.25) is 0 Å². The molecule has 2 N–H and O–H groups in total. The van der Waals surface area contributed by atoms with Crippen LogP contribution in [0.1, 0.15) is 50.4 Å². The third-order valence-corrected chi connectivity index (χ3v) is 4.38. The minimum Gasteiger partial charge on any atom is -0.371 e. The molecule has 1 aromatic rings. The first-order valence-corrected chi connectivity index (χ1v) is 8.43. The van der Waals surface area contributed by atoms with Crippen LogP contribution in [-0.4, -0.2) is 37.0 Å². The monoisotopic (exact) mass is 317 g/mol. The summed E-state index contributed by atoms with van der Waals surface area (Å²) in [5.41, 5.74) is 1.71. The van der Waals surface area contributed by atoms with Gasteiger partial charge in [-0.1, -0.05) is 19.1 Å². The van der Waals surface area contributed by atoms with E-state index in [-0.39, 0.29) is 23.9 Å². The molecule has 1 aromatic carbocycles. The molecule has 2 rings (SSSR count). The van der Waals surface area contributed by atoms with Crippen molar-refractivity contribution in [1.82, 2.24) is 10.6 Å². The Labute approximate surface area is 138 Å². The summed E-state index contributed by atoms with van der Waals surface area (Å²) in [6.45, 7) is 7.32. The topological polar surface area (TPSA) is 61.4 Å². The number of amides is 2. The number of nitrogens with one attached hydrogen (secondary N) is 2. The summed E-state index contributed by atoms with van der Waals surface area (Å²) in [6, 6.07) is 8.16. The highest BCUT2D eigenvalue weighted by molar-refractivity contribution is 6.00. The molecule has 0 saturated carbocycles. The number of rotatable bonds is 5. The number of carbonyl (C=O) groups excluding carboxylic acids is 2. The van der Waals surface area contributed by atoms with Crippen molar-refractivity contribution in [2.45, 2.75) is 52.1 Å². The molecule has 0 aliphatic carbocycles. The second kappa shape index (κ2) is 7.99.